The van der Waals surface area contributed by atoms with Gasteiger partial charge in [-0.2, -0.15) is 0 Å². The van der Waals surface area contributed by atoms with E-state index in [0.29, 0.717) is 0 Å². The monoisotopic (exact) mass is 333 g/mol. The van der Waals surface area contributed by atoms with Crippen LogP contribution in [-0.2, 0) is 10.3 Å². The summed E-state index contributed by atoms with van der Waals surface area (Å²) in [6, 6.07) is 7.90. The second kappa shape index (κ2) is 5.05. The van der Waals surface area contributed by atoms with Crippen LogP contribution in [0.2, 0.25) is 0 Å². The standard InChI is InChI=1S/C15H16BrN3O/c1-11(19-8-7-17-10-19)14(20)18-15(5-6-15)12-3-2-4-13(16)9-12/h2-4,7-11H,5-6H2,1H3,(H,18,20). The van der Waals surface area contributed by atoms with Crippen LogP contribution in [0.25, 0.3) is 0 Å². The molecule has 4 nitrogen and oxygen atoms in total. The van der Waals surface area contributed by atoms with Crippen LogP contribution in [0.3, 0.4) is 0 Å². The second-order valence-electron chi connectivity index (χ2n) is 5.27. The molecule has 0 spiro atoms. The maximum Gasteiger partial charge on any atom is 0.243 e. The molecule has 0 radical (unpaired) electrons. The molecular weight excluding hydrogens is 318 g/mol. The molecule has 1 amide bonds. The van der Waals surface area contributed by atoms with Crippen molar-refractivity contribution in [3.05, 3.63) is 53.0 Å². The number of carbonyl (C=O) groups excluding carboxylic acids is 1. The first-order valence-electron chi connectivity index (χ1n) is 6.66. The number of nitrogens with zero attached hydrogens (tertiary/aromatic N) is 2. The Kier molecular flexibility index (Phi) is 3.38. The summed E-state index contributed by atoms with van der Waals surface area (Å²) < 4.78 is 2.85. The van der Waals surface area contributed by atoms with Gasteiger partial charge in [0.25, 0.3) is 0 Å². The van der Waals surface area contributed by atoms with E-state index in [1.165, 1.54) is 0 Å². The first-order chi connectivity index (χ1) is 9.61. The van der Waals surface area contributed by atoms with E-state index in [2.05, 4.69) is 38.4 Å². The number of halogens is 1. The third kappa shape index (κ3) is 2.50. The molecule has 1 atom stereocenters. The van der Waals surface area contributed by atoms with Gasteiger partial charge in [-0.1, -0.05) is 28.1 Å². The lowest BCUT2D eigenvalue weighted by Gasteiger charge is -2.21. The van der Waals surface area contributed by atoms with E-state index in [0.717, 1.165) is 22.9 Å². The largest absolute Gasteiger partial charge is 0.345 e. The van der Waals surface area contributed by atoms with Crippen molar-refractivity contribution in [2.45, 2.75) is 31.3 Å². The highest BCUT2D eigenvalue weighted by Gasteiger charge is 2.46. The number of rotatable bonds is 4. The van der Waals surface area contributed by atoms with Gasteiger partial charge < -0.3 is 9.88 Å². The Hall–Kier alpha value is -1.62. The Bertz CT molecular complexity index is 620. The number of aromatic nitrogens is 2. The fraction of sp³-hybridized carbons (Fsp3) is 0.333. The van der Waals surface area contributed by atoms with Crippen LogP contribution in [0, 0.1) is 0 Å². The predicted molar refractivity (Wildman–Crippen MR) is 80.1 cm³/mol. The zero-order valence-electron chi connectivity index (χ0n) is 11.2. The minimum Gasteiger partial charge on any atom is -0.345 e. The molecule has 1 saturated carbocycles. The summed E-state index contributed by atoms with van der Waals surface area (Å²) >= 11 is 3.48. The van der Waals surface area contributed by atoms with E-state index in [-0.39, 0.29) is 17.5 Å². The van der Waals surface area contributed by atoms with Gasteiger partial charge in [-0.15, -0.1) is 0 Å². The number of carbonyl (C=O) groups is 1. The van der Waals surface area contributed by atoms with Crippen molar-refractivity contribution in [3.63, 3.8) is 0 Å². The molecule has 1 N–H and O–H groups in total. The number of benzene rings is 1. The van der Waals surface area contributed by atoms with Gasteiger partial charge in [-0.25, -0.2) is 4.98 Å². The first kappa shape index (κ1) is 13.4. The Morgan fingerprint density at radius 2 is 2.30 bits per heavy atom. The minimum absolute atomic E-state index is 0.0282. The van der Waals surface area contributed by atoms with E-state index in [1.807, 2.05) is 29.8 Å². The van der Waals surface area contributed by atoms with Crippen molar-refractivity contribution in [3.8, 4) is 0 Å². The fourth-order valence-corrected chi connectivity index (χ4v) is 2.77. The average molecular weight is 334 g/mol. The number of nitrogens with one attached hydrogen (secondary N) is 1. The van der Waals surface area contributed by atoms with Crippen LogP contribution in [-0.4, -0.2) is 15.5 Å². The third-order valence-electron chi connectivity index (χ3n) is 3.84. The van der Waals surface area contributed by atoms with E-state index in [4.69, 9.17) is 0 Å². The second-order valence-corrected chi connectivity index (χ2v) is 6.18. The molecule has 2 aromatic rings. The summed E-state index contributed by atoms with van der Waals surface area (Å²) in [6.07, 6.45) is 7.15. The first-order valence-corrected chi connectivity index (χ1v) is 7.45. The average Bonchev–Trinajstić information content (AvgIpc) is 3.02. The van der Waals surface area contributed by atoms with Gasteiger partial charge in [0.1, 0.15) is 6.04 Å². The smallest absolute Gasteiger partial charge is 0.243 e. The minimum atomic E-state index is -0.248. The molecule has 1 heterocycles. The molecule has 1 fully saturated rings. The molecule has 3 rings (SSSR count). The topological polar surface area (TPSA) is 46.9 Å². The lowest BCUT2D eigenvalue weighted by Crippen LogP contribution is -2.38. The molecule has 1 aromatic carbocycles. The number of hydrogen-bond donors (Lipinski definition) is 1. The van der Waals surface area contributed by atoms with E-state index in [9.17, 15) is 4.79 Å². The highest BCUT2D eigenvalue weighted by molar-refractivity contribution is 9.10. The quantitative estimate of drug-likeness (QED) is 0.934. The summed E-state index contributed by atoms with van der Waals surface area (Å²) in [7, 11) is 0. The van der Waals surface area contributed by atoms with Crippen molar-refractivity contribution in [2.24, 2.45) is 0 Å². The summed E-state index contributed by atoms with van der Waals surface area (Å²) in [5, 5.41) is 3.19. The Labute approximate surface area is 126 Å². The van der Waals surface area contributed by atoms with E-state index in [1.54, 1.807) is 12.5 Å². The molecule has 1 aromatic heterocycles. The summed E-state index contributed by atoms with van der Waals surface area (Å²) in [5.41, 5.74) is 0.980. The summed E-state index contributed by atoms with van der Waals surface area (Å²) in [5.74, 6) is 0.0282. The van der Waals surface area contributed by atoms with Crippen LogP contribution in [0.5, 0.6) is 0 Å². The highest BCUT2D eigenvalue weighted by Crippen LogP contribution is 2.46. The Balaban J connectivity index is 1.76. The summed E-state index contributed by atoms with van der Waals surface area (Å²) in [4.78, 5) is 16.4. The van der Waals surface area contributed by atoms with E-state index >= 15 is 0 Å². The lowest BCUT2D eigenvalue weighted by atomic mass is 10.0. The van der Waals surface area contributed by atoms with Gasteiger partial charge in [0.15, 0.2) is 0 Å². The van der Waals surface area contributed by atoms with Crippen LogP contribution < -0.4 is 5.32 Å². The highest BCUT2D eigenvalue weighted by atomic mass is 79.9. The maximum atomic E-state index is 12.4. The SMILES string of the molecule is CC(C(=O)NC1(c2cccc(Br)c2)CC1)n1ccnc1. The molecule has 104 valence electrons. The molecule has 0 bridgehead atoms. The third-order valence-corrected chi connectivity index (χ3v) is 4.33. The zero-order valence-corrected chi connectivity index (χ0v) is 12.8. The lowest BCUT2D eigenvalue weighted by molar-refractivity contribution is -0.124. The van der Waals surface area contributed by atoms with Crippen molar-refractivity contribution < 1.29 is 4.79 Å². The van der Waals surface area contributed by atoms with Crippen LogP contribution in [0.1, 0.15) is 31.4 Å². The molecule has 0 saturated heterocycles. The van der Waals surface area contributed by atoms with Crippen molar-refractivity contribution in [1.29, 1.82) is 0 Å². The van der Waals surface area contributed by atoms with E-state index < -0.39 is 0 Å². The van der Waals surface area contributed by atoms with Gasteiger partial charge in [0.05, 0.1) is 11.9 Å². The fourth-order valence-electron chi connectivity index (χ4n) is 2.37. The number of hydrogen-bond acceptors (Lipinski definition) is 2. The Morgan fingerprint density at radius 1 is 1.50 bits per heavy atom. The molecule has 1 aliphatic rings. The molecule has 1 aliphatic carbocycles. The number of amides is 1. The molecule has 0 aliphatic heterocycles. The normalized spacial score (nSPS) is 17.5. The van der Waals surface area contributed by atoms with Crippen LogP contribution in [0.15, 0.2) is 47.5 Å². The van der Waals surface area contributed by atoms with Crippen LogP contribution in [0.4, 0.5) is 0 Å². The van der Waals surface area contributed by atoms with Gasteiger partial charge in [0.2, 0.25) is 5.91 Å². The molecular formula is C15H16BrN3O. The molecule has 20 heavy (non-hydrogen) atoms. The number of imidazole rings is 1. The van der Waals surface area contributed by atoms with Crippen molar-refractivity contribution in [1.82, 2.24) is 14.9 Å². The van der Waals surface area contributed by atoms with Crippen molar-refractivity contribution in [2.75, 3.05) is 0 Å². The van der Waals surface area contributed by atoms with Gasteiger partial charge in [-0.05, 0) is 37.5 Å². The van der Waals surface area contributed by atoms with Gasteiger partial charge in [0, 0.05) is 16.9 Å². The van der Waals surface area contributed by atoms with Crippen LogP contribution >= 0.6 is 15.9 Å². The predicted octanol–water partition coefficient (Wildman–Crippen LogP) is 3.01. The summed E-state index contributed by atoms with van der Waals surface area (Å²) in [6.45, 7) is 1.88. The van der Waals surface area contributed by atoms with Crippen molar-refractivity contribution >= 4 is 21.8 Å². The molecule has 1 unspecified atom stereocenters. The maximum absolute atomic E-state index is 12.4. The molecule has 5 heteroatoms. The Morgan fingerprint density at radius 3 is 2.90 bits per heavy atom. The zero-order chi connectivity index (χ0) is 14.2. The van der Waals surface area contributed by atoms with Gasteiger partial charge >= 0.3 is 0 Å². The van der Waals surface area contributed by atoms with Gasteiger partial charge in [-0.3, -0.25) is 4.79 Å².